The fraction of sp³-hybridized carbons (Fsp3) is 0.562. The predicted octanol–water partition coefficient (Wildman–Crippen LogP) is 2.08. The average molecular weight is 260 g/mol. The van der Waals surface area contributed by atoms with Crippen molar-refractivity contribution in [3.8, 4) is 0 Å². The van der Waals surface area contributed by atoms with Crippen molar-refractivity contribution in [1.29, 1.82) is 0 Å². The Hall–Kier alpha value is -1.35. The van der Waals surface area contributed by atoms with E-state index < -0.39 is 0 Å². The van der Waals surface area contributed by atoms with Gasteiger partial charge in [-0.1, -0.05) is 30.3 Å². The standard InChI is InChI=1S/C16H24N2O/c1-2-18(13-15-9-6-10-17-12-15)16(19)11-14-7-4-3-5-8-14/h3-5,7-8,15,17H,2,6,9-13H2,1H3. The number of nitrogens with one attached hydrogen (secondary N) is 1. The van der Waals surface area contributed by atoms with E-state index in [1.807, 2.05) is 35.2 Å². The van der Waals surface area contributed by atoms with E-state index in [-0.39, 0.29) is 5.91 Å². The summed E-state index contributed by atoms with van der Waals surface area (Å²) in [6, 6.07) is 10.0. The molecule has 0 radical (unpaired) electrons. The normalized spacial score (nSPS) is 19.1. The second-order valence-corrected chi connectivity index (χ2v) is 5.31. The van der Waals surface area contributed by atoms with Crippen molar-refractivity contribution in [2.24, 2.45) is 5.92 Å². The maximum absolute atomic E-state index is 12.3. The molecule has 2 rings (SSSR count). The molecule has 1 amide bonds. The van der Waals surface area contributed by atoms with Crippen LogP contribution in [0.3, 0.4) is 0 Å². The molecule has 1 fully saturated rings. The van der Waals surface area contributed by atoms with Gasteiger partial charge in [-0.05, 0) is 44.3 Å². The van der Waals surface area contributed by atoms with E-state index >= 15 is 0 Å². The highest BCUT2D eigenvalue weighted by Crippen LogP contribution is 2.13. The fourth-order valence-electron chi connectivity index (χ4n) is 2.68. The number of amides is 1. The average Bonchev–Trinajstić information content (AvgIpc) is 2.47. The van der Waals surface area contributed by atoms with Gasteiger partial charge in [0.15, 0.2) is 0 Å². The first-order chi connectivity index (χ1) is 9.29. The molecule has 104 valence electrons. The van der Waals surface area contributed by atoms with Crippen LogP contribution >= 0.6 is 0 Å². The Balaban J connectivity index is 1.87. The molecule has 1 aromatic rings. The van der Waals surface area contributed by atoms with Gasteiger partial charge in [0.25, 0.3) is 0 Å². The molecule has 0 aliphatic carbocycles. The lowest BCUT2D eigenvalue weighted by Crippen LogP contribution is -2.41. The molecular weight excluding hydrogens is 236 g/mol. The summed E-state index contributed by atoms with van der Waals surface area (Å²) in [5.41, 5.74) is 1.10. The Kier molecular flexibility index (Phi) is 5.40. The second-order valence-electron chi connectivity index (χ2n) is 5.31. The predicted molar refractivity (Wildman–Crippen MR) is 78.0 cm³/mol. The van der Waals surface area contributed by atoms with E-state index in [2.05, 4.69) is 12.2 Å². The van der Waals surface area contributed by atoms with E-state index in [0.717, 1.165) is 31.7 Å². The lowest BCUT2D eigenvalue weighted by atomic mass is 9.99. The van der Waals surface area contributed by atoms with E-state index in [4.69, 9.17) is 0 Å². The third-order valence-electron chi connectivity index (χ3n) is 3.81. The number of hydrogen-bond acceptors (Lipinski definition) is 2. The first kappa shape index (κ1) is 14.1. The summed E-state index contributed by atoms with van der Waals surface area (Å²) in [4.78, 5) is 14.3. The minimum Gasteiger partial charge on any atom is -0.342 e. The van der Waals surface area contributed by atoms with Crippen molar-refractivity contribution in [2.75, 3.05) is 26.2 Å². The van der Waals surface area contributed by atoms with Crippen molar-refractivity contribution in [2.45, 2.75) is 26.2 Å². The summed E-state index contributed by atoms with van der Waals surface area (Å²) in [6.45, 7) is 5.95. The zero-order valence-electron chi connectivity index (χ0n) is 11.8. The summed E-state index contributed by atoms with van der Waals surface area (Å²) in [5.74, 6) is 0.868. The molecule has 1 atom stereocenters. The van der Waals surface area contributed by atoms with Gasteiger partial charge in [0.05, 0.1) is 6.42 Å². The SMILES string of the molecule is CCN(CC1CCCNC1)C(=O)Cc1ccccc1. The molecular formula is C16H24N2O. The number of carbonyl (C=O) groups is 1. The summed E-state index contributed by atoms with van der Waals surface area (Å²) >= 11 is 0. The van der Waals surface area contributed by atoms with Gasteiger partial charge in [-0.3, -0.25) is 4.79 Å². The van der Waals surface area contributed by atoms with Gasteiger partial charge in [-0.25, -0.2) is 0 Å². The third-order valence-corrected chi connectivity index (χ3v) is 3.81. The van der Waals surface area contributed by atoms with E-state index in [9.17, 15) is 4.79 Å². The summed E-state index contributed by atoms with van der Waals surface area (Å²) in [7, 11) is 0. The molecule has 0 bridgehead atoms. The van der Waals surface area contributed by atoms with Crippen LogP contribution in [-0.4, -0.2) is 37.0 Å². The fourth-order valence-corrected chi connectivity index (χ4v) is 2.68. The van der Waals surface area contributed by atoms with E-state index in [1.54, 1.807) is 0 Å². The highest BCUT2D eigenvalue weighted by molar-refractivity contribution is 5.78. The Morgan fingerprint density at radius 2 is 2.16 bits per heavy atom. The minimum atomic E-state index is 0.249. The van der Waals surface area contributed by atoms with Gasteiger partial charge in [0.1, 0.15) is 0 Å². The summed E-state index contributed by atoms with van der Waals surface area (Å²) in [5, 5.41) is 3.41. The lowest BCUT2D eigenvalue weighted by molar-refractivity contribution is -0.131. The van der Waals surface area contributed by atoms with Crippen LogP contribution in [-0.2, 0) is 11.2 Å². The van der Waals surface area contributed by atoms with Crippen LogP contribution < -0.4 is 5.32 Å². The molecule has 1 unspecified atom stereocenters. The maximum atomic E-state index is 12.3. The Bertz CT molecular complexity index is 385. The highest BCUT2D eigenvalue weighted by Gasteiger charge is 2.19. The number of benzene rings is 1. The topological polar surface area (TPSA) is 32.3 Å². The second kappa shape index (κ2) is 7.29. The van der Waals surface area contributed by atoms with Gasteiger partial charge in [0.2, 0.25) is 5.91 Å². The Morgan fingerprint density at radius 1 is 1.37 bits per heavy atom. The third kappa shape index (κ3) is 4.35. The molecule has 0 spiro atoms. The molecule has 0 aromatic heterocycles. The van der Waals surface area contributed by atoms with Crippen LogP contribution in [0.25, 0.3) is 0 Å². The number of piperidine rings is 1. The first-order valence-corrected chi connectivity index (χ1v) is 7.32. The van der Waals surface area contributed by atoms with Crippen molar-refractivity contribution < 1.29 is 4.79 Å². The van der Waals surface area contributed by atoms with Crippen LogP contribution in [0.4, 0.5) is 0 Å². The molecule has 1 aliphatic heterocycles. The molecule has 1 heterocycles. The molecule has 3 nitrogen and oxygen atoms in total. The van der Waals surface area contributed by atoms with E-state index in [0.29, 0.717) is 12.3 Å². The molecule has 19 heavy (non-hydrogen) atoms. The number of carbonyl (C=O) groups excluding carboxylic acids is 1. The molecule has 1 aromatic carbocycles. The molecule has 1 aliphatic rings. The Morgan fingerprint density at radius 3 is 2.79 bits per heavy atom. The van der Waals surface area contributed by atoms with Crippen molar-refractivity contribution >= 4 is 5.91 Å². The van der Waals surface area contributed by atoms with Crippen LogP contribution in [0.15, 0.2) is 30.3 Å². The zero-order chi connectivity index (χ0) is 13.5. The van der Waals surface area contributed by atoms with Crippen molar-refractivity contribution in [3.05, 3.63) is 35.9 Å². The maximum Gasteiger partial charge on any atom is 0.226 e. The summed E-state index contributed by atoms with van der Waals surface area (Å²) in [6.07, 6.45) is 2.99. The number of rotatable bonds is 5. The summed E-state index contributed by atoms with van der Waals surface area (Å²) < 4.78 is 0. The zero-order valence-corrected chi connectivity index (χ0v) is 11.8. The van der Waals surface area contributed by atoms with Crippen LogP contribution in [0.5, 0.6) is 0 Å². The van der Waals surface area contributed by atoms with Crippen LogP contribution in [0, 0.1) is 5.92 Å². The van der Waals surface area contributed by atoms with Gasteiger partial charge in [-0.15, -0.1) is 0 Å². The smallest absolute Gasteiger partial charge is 0.226 e. The van der Waals surface area contributed by atoms with Crippen LogP contribution in [0.1, 0.15) is 25.3 Å². The minimum absolute atomic E-state index is 0.249. The lowest BCUT2D eigenvalue weighted by Gasteiger charge is -2.29. The largest absolute Gasteiger partial charge is 0.342 e. The van der Waals surface area contributed by atoms with Crippen LogP contribution in [0.2, 0.25) is 0 Å². The highest BCUT2D eigenvalue weighted by atomic mass is 16.2. The van der Waals surface area contributed by atoms with Gasteiger partial charge >= 0.3 is 0 Å². The van der Waals surface area contributed by atoms with E-state index in [1.165, 1.54) is 12.8 Å². The van der Waals surface area contributed by atoms with Crippen molar-refractivity contribution in [3.63, 3.8) is 0 Å². The quantitative estimate of drug-likeness (QED) is 0.879. The molecule has 3 heteroatoms. The Labute approximate surface area is 116 Å². The molecule has 1 N–H and O–H groups in total. The molecule has 0 saturated carbocycles. The monoisotopic (exact) mass is 260 g/mol. The molecule has 1 saturated heterocycles. The van der Waals surface area contributed by atoms with Gasteiger partial charge in [0, 0.05) is 13.1 Å². The first-order valence-electron chi connectivity index (χ1n) is 7.32. The van der Waals surface area contributed by atoms with Crippen molar-refractivity contribution in [1.82, 2.24) is 10.2 Å². The number of nitrogens with zero attached hydrogens (tertiary/aromatic N) is 1. The van der Waals surface area contributed by atoms with Gasteiger partial charge < -0.3 is 10.2 Å². The number of likely N-dealkylation sites (N-methyl/N-ethyl adjacent to an activating group) is 1. The number of hydrogen-bond donors (Lipinski definition) is 1. The van der Waals surface area contributed by atoms with Gasteiger partial charge in [-0.2, -0.15) is 0 Å².